The van der Waals surface area contributed by atoms with Gasteiger partial charge in [-0.25, -0.2) is 0 Å². The molecule has 6 aromatic carbocycles. The maximum Gasteiger partial charge on any atom is 0.0541 e. The molecular formula is C42H32N2. The largest absolute Gasteiger partial charge is 0.337 e. The summed E-state index contributed by atoms with van der Waals surface area (Å²) in [4.78, 5) is 2.57. The number of aromatic nitrogens is 1. The molecule has 44 heavy (non-hydrogen) atoms. The van der Waals surface area contributed by atoms with Crippen LogP contribution in [0.1, 0.15) is 24.3 Å². The SMILES string of the molecule is C1=CC2c3cc(-c4cccc(-c5ccc6c(c5)c5ccccc5n6-c5ccccc5)c4)ccc3N(c3ccccc3)C2CC1. The molecule has 0 bridgehead atoms. The fourth-order valence-corrected chi connectivity index (χ4v) is 7.62. The van der Waals surface area contributed by atoms with Crippen LogP contribution in [0.3, 0.4) is 0 Å². The Bertz CT molecular complexity index is 2190. The molecule has 0 saturated carbocycles. The lowest BCUT2D eigenvalue weighted by Crippen LogP contribution is -2.30. The van der Waals surface area contributed by atoms with Gasteiger partial charge in [-0.1, -0.05) is 97.1 Å². The predicted molar refractivity (Wildman–Crippen MR) is 185 cm³/mol. The van der Waals surface area contributed by atoms with Crippen molar-refractivity contribution in [2.24, 2.45) is 0 Å². The third-order valence-corrected chi connectivity index (χ3v) is 9.62. The van der Waals surface area contributed by atoms with E-state index >= 15 is 0 Å². The third-order valence-electron chi connectivity index (χ3n) is 9.62. The number of allylic oxidation sites excluding steroid dienone is 1. The van der Waals surface area contributed by atoms with Crippen molar-refractivity contribution < 1.29 is 0 Å². The lowest BCUT2D eigenvalue weighted by molar-refractivity contribution is 0.565. The summed E-state index contributed by atoms with van der Waals surface area (Å²) in [5, 5.41) is 2.56. The van der Waals surface area contributed by atoms with E-state index in [1.807, 2.05) is 0 Å². The van der Waals surface area contributed by atoms with E-state index in [1.54, 1.807) is 0 Å². The van der Waals surface area contributed by atoms with Gasteiger partial charge in [0.25, 0.3) is 0 Å². The normalized spacial score (nSPS) is 17.2. The fourth-order valence-electron chi connectivity index (χ4n) is 7.62. The van der Waals surface area contributed by atoms with Gasteiger partial charge >= 0.3 is 0 Å². The average molecular weight is 565 g/mol. The lowest BCUT2D eigenvalue weighted by Gasteiger charge is -2.31. The summed E-state index contributed by atoms with van der Waals surface area (Å²) < 4.78 is 2.38. The Labute approximate surface area is 258 Å². The molecule has 2 heterocycles. The quantitative estimate of drug-likeness (QED) is 0.193. The second-order valence-corrected chi connectivity index (χ2v) is 12.1. The van der Waals surface area contributed by atoms with Gasteiger partial charge in [-0.05, 0) is 101 Å². The van der Waals surface area contributed by atoms with E-state index < -0.39 is 0 Å². The number of fused-ring (bicyclic) bond motifs is 6. The highest BCUT2D eigenvalue weighted by Gasteiger charge is 2.38. The standard InChI is InChI=1S/C42H32N2/c1-3-14-33(15-4-1)43-39-20-9-7-18-35(39)37-27-31(22-24-41(37)43)29-12-11-13-30(26-29)32-23-25-42-38(28-32)36-19-8-10-21-40(36)44(42)34-16-5-2-6-17-34/h1-9,11-20,22-28,36,40H,10,21H2. The van der Waals surface area contributed by atoms with Crippen molar-refractivity contribution in [1.29, 1.82) is 0 Å². The minimum Gasteiger partial charge on any atom is -0.337 e. The molecule has 9 rings (SSSR count). The molecule has 0 radical (unpaired) electrons. The van der Waals surface area contributed by atoms with Gasteiger partial charge in [0.1, 0.15) is 0 Å². The Kier molecular flexibility index (Phi) is 5.80. The van der Waals surface area contributed by atoms with Crippen LogP contribution in [0.2, 0.25) is 0 Å². The second-order valence-electron chi connectivity index (χ2n) is 12.1. The van der Waals surface area contributed by atoms with Crippen molar-refractivity contribution in [2.75, 3.05) is 4.90 Å². The van der Waals surface area contributed by atoms with Gasteiger partial charge in [-0.15, -0.1) is 0 Å². The molecular weight excluding hydrogens is 532 g/mol. The molecule has 1 aliphatic carbocycles. The molecule has 0 amide bonds. The van der Waals surface area contributed by atoms with Gasteiger partial charge in [0.2, 0.25) is 0 Å². The number of nitrogens with zero attached hydrogens (tertiary/aromatic N) is 2. The first-order valence-electron chi connectivity index (χ1n) is 15.7. The van der Waals surface area contributed by atoms with Crippen LogP contribution in [-0.4, -0.2) is 10.6 Å². The van der Waals surface area contributed by atoms with Gasteiger partial charge in [0, 0.05) is 39.8 Å². The molecule has 2 atom stereocenters. The maximum atomic E-state index is 2.57. The van der Waals surface area contributed by atoms with Gasteiger partial charge in [-0.2, -0.15) is 0 Å². The number of hydrogen-bond acceptors (Lipinski definition) is 1. The first kappa shape index (κ1) is 25.2. The number of rotatable bonds is 4. The Morgan fingerprint density at radius 2 is 1.16 bits per heavy atom. The summed E-state index contributed by atoms with van der Waals surface area (Å²) in [5.74, 6) is 0.423. The van der Waals surface area contributed by atoms with Crippen LogP contribution < -0.4 is 4.90 Å². The second kappa shape index (κ2) is 10.1. The Balaban J connectivity index is 1.13. The topological polar surface area (TPSA) is 8.17 Å². The fraction of sp³-hybridized carbons (Fsp3) is 0.0952. The van der Waals surface area contributed by atoms with E-state index in [-0.39, 0.29) is 0 Å². The Hall–Kier alpha value is -5.34. The van der Waals surface area contributed by atoms with E-state index in [4.69, 9.17) is 0 Å². The van der Waals surface area contributed by atoms with E-state index in [0.717, 1.165) is 6.42 Å². The number of anilines is 2. The highest BCUT2D eigenvalue weighted by Crippen LogP contribution is 2.50. The lowest BCUT2D eigenvalue weighted by atomic mass is 9.86. The Morgan fingerprint density at radius 1 is 0.500 bits per heavy atom. The molecule has 0 saturated heterocycles. The summed E-state index contributed by atoms with van der Waals surface area (Å²) in [5.41, 5.74) is 12.7. The zero-order chi connectivity index (χ0) is 29.0. The molecule has 2 aliphatic rings. The van der Waals surface area contributed by atoms with Crippen LogP contribution in [0.25, 0.3) is 49.7 Å². The summed E-state index contributed by atoms with van der Waals surface area (Å²) in [6, 6.07) is 53.9. The molecule has 210 valence electrons. The molecule has 0 N–H and O–H groups in total. The average Bonchev–Trinajstić information content (AvgIpc) is 3.61. The summed E-state index contributed by atoms with van der Waals surface area (Å²) in [6.07, 6.45) is 7.13. The number of hydrogen-bond donors (Lipinski definition) is 0. The van der Waals surface area contributed by atoms with Crippen molar-refractivity contribution in [3.8, 4) is 27.9 Å². The summed E-state index contributed by atoms with van der Waals surface area (Å²) in [6.45, 7) is 0. The van der Waals surface area contributed by atoms with E-state index in [9.17, 15) is 0 Å². The zero-order valence-electron chi connectivity index (χ0n) is 24.5. The van der Waals surface area contributed by atoms with E-state index in [1.165, 1.54) is 73.1 Å². The first-order valence-corrected chi connectivity index (χ1v) is 15.7. The molecule has 2 nitrogen and oxygen atoms in total. The van der Waals surface area contributed by atoms with Crippen molar-refractivity contribution in [3.63, 3.8) is 0 Å². The summed E-state index contributed by atoms with van der Waals surface area (Å²) in [7, 11) is 0. The van der Waals surface area contributed by atoms with Gasteiger partial charge in [-0.3, -0.25) is 0 Å². The molecule has 2 unspecified atom stereocenters. The minimum absolute atomic E-state index is 0.423. The molecule has 1 aromatic heterocycles. The van der Waals surface area contributed by atoms with Crippen LogP contribution in [-0.2, 0) is 0 Å². The third kappa shape index (κ3) is 3.95. The van der Waals surface area contributed by atoms with Gasteiger partial charge in [0.15, 0.2) is 0 Å². The molecule has 2 heteroatoms. The smallest absolute Gasteiger partial charge is 0.0541 e. The molecule has 0 fully saturated rings. The Morgan fingerprint density at radius 3 is 1.98 bits per heavy atom. The van der Waals surface area contributed by atoms with E-state index in [2.05, 4.69) is 167 Å². The highest BCUT2D eigenvalue weighted by molar-refractivity contribution is 6.10. The molecule has 7 aromatic rings. The minimum atomic E-state index is 0.423. The van der Waals surface area contributed by atoms with Crippen molar-refractivity contribution in [3.05, 3.63) is 163 Å². The van der Waals surface area contributed by atoms with Crippen LogP contribution in [0.15, 0.2) is 158 Å². The number of para-hydroxylation sites is 3. The predicted octanol–water partition coefficient (Wildman–Crippen LogP) is 11.1. The highest BCUT2D eigenvalue weighted by atomic mass is 15.2. The van der Waals surface area contributed by atoms with Crippen LogP contribution in [0.4, 0.5) is 11.4 Å². The summed E-state index contributed by atoms with van der Waals surface area (Å²) >= 11 is 0. The van der Waals surface area contributed by atoms with Crippen molar-refractivity contribution in [1.82, 2.24) is 4.57 Å². The monoisotopic (exact) mass is 564 g/mol. The number of benzene rings is 6. The van der Waals surface area contributed by atoms with Crippen LogP contribution in [0, 0.1) is 0 Å². The van der Waals surface area contributed by atoms with Crippen LogP contribution >= 0.6 is 0 Å². The van der Waals surface area contributed by atoms with Crippen LogP contribution in [0.5, 0.6) is 0 Å². The molecule has 1 aliphatic heterocycles. The van der Waals surface area contributed by atoms with E-state index in [0.29, 0.717) is 12.0 Å². The maximum absolute atomic E-state index is 2.57. The van der Waals surface area contributed by atoms with Crippen molar-refractivity contribution in [2.45, 2.75) is 24.8 Å². The van der Waals surface area contributed by atoms with Crippen molar-refractivity contribution >= 4 is 33.2 Å². The zero-order valence-corrected chi connectivity index (χ0v) is 24.5. The van der Waals surface area contributed by atoms with Gasteiger partial charge < -0.3 is 9.47 Å². The molecule has 0 spiro atoms. The first-order chi connectivity index (χ1) is 21.8. The van der Waals surface area contributed by atoms with Gasteiger partial charge in [0.05, 0.1) is 11.0 Å².